The Balaban J connectivity index is 1.36. The van der Waals surface area contributed by atoms with E-state index < -0.39 is 0 Å². The highest BCUT2D eigenvalue weighted by Gasteiger charge is 2.15. The molecule has 152 valence electrons. The smallest absolute Gasteiger partial charge is 0.270 e. The molecule has 0 aliphatic heterocycles. The molecule has 0 aliphatic carbocycles. The number of rotatable bonds is 4. The van der Waals surface area contributed by atoms with E-state index in [-0.39, 0.29) is 18.2 Å². The molecule has 0 fully saturated rings. The summed E-state index contributed by atoms with van der Waals surface area (Å²) in [7, 11) is 0. The molecule has 7 heteroatoms. The van der Waals surface area contributed by atoms with Crippen LogP contribution in [0.15, 0.2) is 78.3 Å². The monoisotopic (exact) mass is 426 g/mol. The molecule has 6 nitrogen and oxygen atoms in total. The maximum absolute atomic E-state index is 12.9. The van der Waals surface area contributed by atoms with Crippen LogP contribution in [0.1, 0.15) is 15.9 Å². The lowest BCUT2D eigenvalue weighted by atomic mass is 10.1. The number of carbonyl (C=O) groups excluding carboxylic acids is 2. The number of para-hydroxylation sites is 2. The molecule has 2 amide bonds. The summed E-state index contributed by atoms with van der Waals surface area (Å²) in [6, 6.07) is 20.9. The van der Waals surface area contributed by atoms with Crippen molar-refractivity contribution in [1.82, 2.24) is 20.8 Å². The predicted octanol–water partition coefficient (Wildman–Crippen LogP) is 4.45. The molecule has 0 radical (unpaired) electrons. The standard InChI is InChI=1S/C24H18N4O2S/c29-23(12-15-14-25-19-8-3-1-6-16(15)19)27-28-24(30)18-13-21(22-10-5-11-31-22)26-20-9-4-2-7-17(18)20/h1-11,13-14,25H,12H2,(H,27,29)(H,28,30). The molecule has 0 spiro atoms. The number of nitrogens with zero attached hydrogens (tertiary/aromatic N) is 1. The van der Waals surface area contributed by atoms with E-state index in [1.54, 1.807) is 17.4 Å². The third-order valence-electron chi connectivity index (χ3n) is 5.08. The summed E-state index contributed by atoms with van der Waals surface area (Å²) in [5, 5.41) is 3.69. The summed E-state index contributed by atoms with van der Waals surface area (Å²) in [4.78, 5) is 34.2. The van der Waals surface area contributed by atoms with Gasteiger partial charge in [-0.1, -0.05) is 42.5 Å². The number of H-pyrrole nitrogens is 1. The number of hydrogen-bond donors (Lipinski definition) is 3. The zero-order valence-electron chi connectivity index (χ0n) is 16.4. The Morgan fingerprint density at radius 1 is 0.935 bits per heavy atom. The Morgan fingerprint density at radius 3 is 2.58 bits per heavy atom. The summed E-state index contributed by atoms with van der Waals surface area (Å²) < 4.78 is 0. The van der Waals surface area contributed by atoms with E-state index in [2.05, 4.69) is 20.8 Å². The second-order valence-electron chi connectivity index (χ2n) is 7.09. The van der Waals surface area contributed by atoms with Gasteiger partial charge in [0.1, 0.15) is 0 Å². The average molecular weight is 427 g/mol. The molecule has 0 aliphatic rings. The van der Waals surface area contributed by atoms with Crippen molar-refractivity contribution in [2.75, 3.05) is 0 Å². The van der Waals surface area contributed by atoms with Gasteiger partial charge in [0.25, 0.3) is 5.91 Å². The van der Waals surface area contributed by atoms with Crippen LogP contribution in [0.25, 0.3) is 32.4 Å². The van der Waals surface area contributed by atoms with Crippen molar-refractivity contribution >= 4 is 45.0 Å². The molecule has 0 atom stereocenters. The van der Waals surface area contributed by atoms with Crippen LogP contribution in [0.5, 0.6) is 0 Å². The molecule has 0 bridgehead atoms. The number of fused-ring (bicyclic) bond motifs is 2. The number of hydrogen-bond acceptors (Lipinski definition) is 4. The zero-order valence-corrected chi connectivity index (χ0v) is 17.2. The molecule has 5 aromatic rings. The number of aromatic nitrogens is 2. The maximum atomic E-state index is 12.9. The van der Waals surface area contributed by atoms with Gasteiger partial charge in [0, 0.05) is 22.5 Å². The van der Waals surface area contributed by atoms with Gasteiger partial charge < -0.3 is 4.98 Å². The van der Waals surface area contributed by atoms with Crippen molar-refractivity contribution in [2.45, 2.75) is 6.42 Å². The minimum Gasteiger partial charge on any atom is -0.361 e. The third-order valence-corrected chi connectivity index (χ3v) is 5.97. The maximum Gasteiger partial charge on any atom is 0.270 e. The quantitative estimate of drug-likeness (QED) is 0.371. The zero-order chi connectivity index (χ0) is 21.2. The molecule has 3 N–H and O–H groups in total. The first kappa shape index (κ1) is 19.0. The largest absolute Gasteiger partial charge is 0.361 e. The minimum atomic E-state index is -0.385. The van der Waals surface area contributed by atoms with Crippen molar-refractivity contribution in [3.8, 4) is 10.6 Å². The second-order valence-corrected chi connectivity index (χ2v) is 8.04. The Hall–Kier alpha value is -3.97. The highest BCUT2D eigenvalue weighted by Crippen LogP contribution is 2.27. The molecule has 3 aromatic heterocycles. The lowest BCUT2D eigenvalue weighted by molar-refractivity contribution is -0.121. The molecule has 3 heterocycles. The highest BCUT2D eigenvalue weighted by molar-refractivity contribution is 7.13. The molecule has 0 unspecified atom stereocenters. The van der Waals surface area contributed by atoms with E-state index in [1.807, 2.05) is 72.2 Å². The van der Waals surface area contributed by atoms with Gasteiger partial charge in [-0.3, -0.25) is 20.4 Å². The lowest BCUT2D eigenvalue weighted by Gasteiger charge is -2.11. The number of amides is 2. The van der Waals surface area contributed by atoms with Gasteiger partial charge in [0.2, 0.25) is 5.91 Å². The molecule has 0 saturated heterocycles. The van der Waals surface area contributed by atoms with Gasteiger partial charge in [-0.2, -0.15) is 0 Å². The van der Waals surface area contributed by atoms with Crippen molar-refractivity contribution in [3.63, 3.8) is 0 Å². The van der Waals surface area contributed by atoms with Crippen molar-refractivity contribution in [2.24, 2.45) is 0 Å². The first-order valence-electron chi connectivity index (χ1n) is 9.77. The van der Waals surface area contributed by atoms with Crippen LogP contribution in [-0.4, -0.2) is 21.8 Å². The summed E-state index contributed by atoms with van der Waals surface area (Å²) in [5.41, 5.74) is 8.84. The Morgan fingerprint density at radius 2 is 1.74 bits per heavy atom. The van der Waals surface area contributed by atoms with Crippen LogP contribution < -0.4 is 10.9 Å². The number of carbonyl (C=O) groups is 2. The van der Waals surface area contributed by atoms with Gasteiger partial charge in [-0.15, -0.1) is 11.3 Å². The molecule has 5 rings (SSSR count). The summed E-state index contributed by atoms with van der Waals surface area (Å²) in [6.07, 6.45) is 1.97. The van der Waals surface area contributed by atoms with Crippen molar-refractivity contribution < 1.29 is 9.59 Å². The van der Waals surface area contributed by atoms with Gasteiger partial charge in [-0.05, 0) is 35.2 Å². The van der Waals surface area contributed by atoms with Crippen LogP contribution in [0.2, 0.25) is 0 Å². The Labute approximate surface area is 181 Å². The van der Waals surface area contributed by atoms with Crippen molar-refractivity contribution in [1.29, 1.82) is 0 Å². The number of aromatic amines is 1. The number of pyridine rings is 1. The SMILES string of the molecule is O=C(Cc1c[nH]c2ccccc12)NNC(=O)c1cc(-c2cccs2)nc2ccccc12. The predicted molar refractivity (Wildman–Crippen MR) is 123 cm³/mol. The van der Waals surface area contributed by atoms with Gasteiger partial charge in [-0.25, -0.2) is 4.98 Å². The van der Waals surface area contributed by atoms with Crippen molar-refractivity contribution in [3.05, 3.63) is 89.4 Å². The van der Waals surface area contributed by atoms with Gasteiger partial charge in [0.15, 0.2) is 0 Å². The third kappa shape index (κ3) is 3.78. The average Bonchev–Trinajstić information content (AvgIpc) is 3.48. The van der Waals surface area contributed by atoms with E-state index in [4.69, 9.17) is 0 Å². The fourth-order valence-electron chi connectivity index (χ4n) is 3.60. The fourth-order valence-corrected chi connectivity index (χ4v) is 4.29. The Bertz CT molecular complexity index is 1410. The van der Waals surface area contributed by atoms with Crippen LogP contribution in [0, 0.1) is 0 Å². The van der Waals surface area contributed by atoms with Crippen LogP contribution >= 0.6 is 11.3 Å². The minimum absolute atomic E-state index is 0.155. The molecule has 31 heavy (non-hydrogen) atoms. The van der Waals surface area contributed by atoms with E-state index >= 15 is 0 Å². The molecule has 2 aromatic carbocycles. The summed E-state index contributed by atoms with van der Waals surface area (Å²) in [5.74, 6) is -0.682. The molecule has 0 saturated carbocycles. The number of thiophene rings is 1. The lowest BCUT2D eigenvalue weighted by Crippen LogP contribution is -2.42. The molecular weight excluding hydrogens is 408 g/mol. The first-order chi connectivity index (χ1) is 15.2. The van der Waals surface area contributed by atoms with Crippen LogP contribution in [0.4, 0.5) is 0 Å². The van der Waals surface area contributed by atoms with E-state index in [0.717, 1.165) is 37.9 Å². The number of hydrazine groups is 1. The van der Waals surface area contributed by atoms with Crippen LogP contribution in [-0.2, 0) is 11.2 Å². The fraction of sp³-hybridized carbons (Fsp3) is 0.0417. The van der Waals surface area contributed by atoms with Gasteiger partial charge >= 0.3 is 0 Å². The van der Waals surface area contributed by atoms with Gasteiger partial charge in [0.05, 0.1) is 28.1 Å². The highest BCUT2D eigenvalue weighted by atomic mass is 32.1. The topological polar surface area (TPSA) is 86.9 Å². The summed E-state index contributed by atoms with van der Waals surface area (Å²) in [6.45, 7) is 0. The van der Waals surface area contributed by atoms with Crippen LogP contribution in [0.3, 0.4) is 0 Å². The van der Waals surface area contributed by atoms with E-state index in [9.17, 15) is 9.59 Å². The number of benzene rings is 2. The molecular formula is C24H18N4O2S. The second kappa shape index (κ2) is 8.04. The normalized spacial score (nSPS) is 11.0. The van der Waals surface area contributed by atoms with E-state index in [1.165, 1.54) is 0 Å². The Kier molecular flexibility index (Phi) is 4.93. The summed E-state index contributed by atoms with van der Waals surface area (Å²) >= 11 is 1.56. The van der Waals surface area contributed by atoms with E-state index in [0.29, 0.717) is 5.56 Å². The first-order valence-corrected chi connectivity index (χ1v) is 10.6. The number of nitrogens with one attached hydrogen (secondary N) is 3.